The first-order valence-electron chi connectivity index (χ1n) is 6.28. The maximum Gasteiger partial charge on any atom is 0.317 e. The molecule has 6 heteroatoms. The van der Waals surface area contributed by atoms with Gasteiger partial charge in [0.15, 0.2) is 0 Å². The summed E-state index contributed by atoms with van der Waals surface area (Å²) in [4.78, 5) is 24.5. The van der Waals surface area contributed by atoms with Gasteiger partial charge in [0, 0.05) is 13.6 Å². The third-order valence-electron chi connectivity index (χ3n) is 3.66. The lowest BCUT2D eigenvalue weighted by Gasteiger charge is -2.37. The number of nitrogens with zero attached hydrogens (tertiary/aromatic N) is 1. The second-order valence-electron chi connectivity index (χ2n) is 5.03. The molecule has 1 saturated carbocycles. The molecule has 1 heterocycles. The normalized spacial score (nSPS) is 16.5. The molecule has 2 amide bonds. The van der Waals surface area contributed by atoms with Crippen molar-refractivity contribution in [3.8, 4) is 0 Å². The molecule has 0 atom stereocenters. The van der Waals surface area contributed by atoms with E-state index >= 15 is 0 Å². The van der Waals surface area contributed by atoms with Gasteiger partial charge in [-0.3, -0.25) is 4.79 Å². The number of aliphatic carboxylic acids is 1. The molecule has 0 bridgehead atoms. The highest BCUT2D eigenvalue weighted by Crippen LogP contribution is 2.40. The molecule has 1 fully saturated rings. The van der Waals surface area contributed by atoms with Gasteiger partial charge in [-0.15, -0.1) is 0 Å². The minimum Gasteiger partial charge on any atom is -0.481 e. The predicted octanol–water partition coefficient (Wildman–Crippen LogP) is 1.68. The standard InChI is InChI=1S/C13H18N2O4/c1-15(8-10-4-2-7-19-10)12(18)14-9-13(11(16)17)5-3-6-13/h2,4,7H,3,5-6,8-9H2,1H3,(H,14,18)(H,16,17). The van der Waals surface area contributed by atoms with Crippen LogP contribution in [0.2, 0.25) is 0 Å². The van der Waals surface area contributed by atoms with Gasteiger partial charge in [-0.25, -0.2) is 4.79 Å². The summed E-state index contributed by atoms with van der Waals surface area (Å²) in [6.07, 6.45) is 3.72. The Bertz CT molecular complexity index is 451. The van der Waals surface area contributed by atoms with Crippen molar-refractivity contribution in [2.45, 2.75) is 25.8 Å². The predicted molar refractivity (Wildman–Crippen MR) is 67.5 cm³/mol. The van der Waals surface area contributed by atoms with Crippen LogP contribution in [0.4, 0.5) is 4.79 Å². The maximum absolute atomic E-state index is 11.9. The number of carboxylic acids is 1. The molecule has 1 aliphatic rings. The van der Waals surface area contributed by atoms with Crippen molar-refractivity contribution in [2.75, 3.05) is 13.6 Å². The number of carbonyl (C=O) groups is 2. The van der Waals surface area contributed by atoms with Crippen LogP contribution in [0.25, 0.3) is 0 Å². The van der Waals surface area contributed by atoms with Gasteiger partial charge in [0.25, 0.3) is 0 Å². The topological polar surface area (TPSA) is 82.8 Å². The number of hydrogen-bond acceptors (Lipinski definition) is 3. The van der Waals surface area contributed by atoms with Crippen LogP contribution in [-0.2, 0) is 11.3 Å². The molecule has 0 spiro atoms. The van der Waals surface area contributed by atoms with E-state index in [2.05, 4.69) is 5.32 Å². The Hall–Kier alpha value is -1.98. The van der Waals surface area contributed by atoms with Crippen molar-refractivity contribution in [3.63, 3.8) is 0 Å². The first kappa shape index (κ1) is 13.5. The van der Waals surface area contributed by atoms with Crippen molar-refractivity contribution in [1.82, 2.24) is 10.2 Å². The quantitative estimate of drug-likeness (QED) is 0.849. The highest BCUT2D eigenvalue weighted by atomic mass is 16.4. The van der Waals surface area contributed by atoms with E-state index in [1.165, 1.54) is 4.90 Å². The summed E-state index contributed by atoms with van der Waals surface area (Å²) in [7, 11) is 1.64. The highest BCUT2D eigenvalue weighted by Gasteiger charge is 2.44. The molecule has 0 radical (unpaired) electrons. The summed E-state index contributed by atoms with van der Waals surface area (Å²) in [5, 5.41) is 11.8. The largest absolute Gasteiger partial charge is 0.481 e. The lowest BCUT2D eigenvalue weighted by atomic mass is 9.69. The molecular formula is C13H18N2O4. The van der Waals surface area contributed by atoms with Crippen molar-refractivity contribution in [1.29, 1.82) is 0 Å². The SMILES string of the molecule is CN(Cc1ccco1)C(=O)NCC1(C(=O)O)CCC1. The molecule has 2 rings (SSSR count). The van der Waals surface area contributed by atoms with E-state index in [-0.39, 0.29) is 12.6 Å². The number of rotatable bonds is 5. The van der Waals surface area contributed by atoms with E-state index in [1.807, 2.05) is 0 Å². The van der Waals surface area contributed by atoms with Gasteiger partial charge in [-0.2, -0.15) is 0 Å². The van der Waals surface area contributed by atoms with Crippen LogP contribution in [0.1, 0.15) is 25.0 Å². The minimum atomic E-state index is -0.826. The Morgan fingerprint density at radius 2 is 2.26 bits per heavy atom. The summed E-state index contributed by atoms with van der Waals surface area (Å²) < 4.78 is 5.15. The third-order valence-corrected chi connectivity index (χ3v) is 3.66. The van der Waals surface area contributed by atoms with Gasteiger partial charge < -0.3 is 19.7 Å². The van der Waals surface area contributed by atoms with Crippen molar-refractivity contribution < 1.29 is 19.1 Å². The van der Waals surface area contributed by atoms with Gasteiger partial charge >= 0.3 is 12.0 Å². The van der Waals surface area contributed by atoms with Crippen molar-refractivity contribution in [3.05, 3.63) is 24.2 Å². The zero-order valence-corrected chi connectivity index (χ0v) is 10.9. The summed E-state index contributed by atoms with van der Waals surface area (Å²) >= 11 is 0. The molecule has 1 aromatic rings. The van der Waals surface area contributed by atoms with Crippen molar-refractivity contribution in [2.24, 2.45) is 5.41 Å². The zero-order valence-electron chi connectivity index (χ0n) is 10.9. The fraction of sp³-hybridized carbons (Fsp3) is 0.538. The van der Waals surface area contributed by atoms with Crippen LogP contribution in [0.15, 0.2) is 22.8 Å². The molecular weight excluding hydrogens is 248 g/mol. The first-order valence-corrected chi connectivity index (χ1v) is 6.28. The Morgan fingerprint density at radius 1 is 1.53 bits per heavy atom. The Balaban J connectivity index is 1.82. The molecule has 0 unspecified atom stereocenters. The number of carboxylic acid groups (broad SMARTS) is 1. The average Bonchev–Trinajstić information content (AvgIpc) is 2.79. The van der Waals surface area contributed by atoms with E-state index in [9.17, 15) is 9.59 Å². The second kappa shape index (κ2) is 5.34. The molecule has 6 nitrogen and oxygen atoms in total. The van der Waals surface area contributed by atoms with E-state index in [0.717, 1.165) is 6.42 Å². The summed E-state index contributed by atoms with van der Waals surface area (Å²) in [6.45, 7) is 0.544. The molecule has 1 aromatic heterocycles. The van der Waals surface area contributed by atoms with Crippen molar-refractivity contribution >= 4 is 12.0 Å². The van der Waals surface area contributed by atoms with Crippen LogP contribution in [0.3, 0.4) is 0 Å². The van der Waals surface area contributed by atoms with E-state index < -0.39 is 11.4 Å². The lowest BCUT2D eigenvalue weighted by Crippen LogP contribution is -2.49. The van der Waals surface area contributed by atoms with Gasteiger partial charge in [0.05, 0.1) is 18.2 Å². The summed E-state index contributed by atoms with van der Waals surface area (Å²) in [5.74, 6) is -0.137. The minimum absolute atomic E-state index is 0.184. The number of urea groups is 1. The van der Waals surface area contributed by atoms with Gasteiger partial charge in [-0.1, -0.05) is 6.42 Å². The van der Waals surface area contributed by atoms with Crippen LogP contribution in [0.5, 0.6) is 0 Å². The number of furan rings is 1. The Morgan fingerprint density at radius 3 is 2.74 bits per heavy atom. The fourth-order valence-corrected chi connectivity index (χ4v) is 2.16. The number of nitrogens with one attached hydrogen (secondary N) is 1. The Labute approximate surface area is 111 Å². The second-order valence-corrected chi connectivity index (χ2v) is 5.03. The van der Waals surface area contributed by atoms with E-state index in [0.29, 0.717) is 25.1 Å². The summed E-state index contributed by atoms with van der Waals surface area (Å²) in [5.41, 5.74) is -0.763. The van der Waals surface area contributed by atoms with Crippen LogP contribution < -0.4 is 5.32 Å². The smallest absolute Gasteiger partial charge is 0.317 e. The third kappa shape index (κ3) is 2.89. The Kier molecular flexibility index (Phi) is 3.78. The molecule has 104 valence electrons. The number of hydrogen-bond donors (Lipinski definition) is 2. The van der Waals surface area contributed by atoms with Gasteiger partial charge in [-0.05, 0) is 25.0 Å². The summed E-state index contributed by atoms with van der Waals surface area (Å²) in [6, 6.07) is 3.26. The van der Waals surface area contributed by atoms with Crippen LogP contribution in [0, 0.1) is 5.41 Å². The zero-order chi connectivity index (χ0) is 13.9. The molecule has 0 aliphatic heterocycles. The molecule has 1 aliphatic carbocycles. The molecule has 0 saturated heterocycles. The fourth-order valence-electron chi connectivity index (χ4n) is 2.16. The van der Waals surface area contributed by atoms with Gasteiger partial charge in [0.1, 0.15) is 5.76 Å². The molecule has 2 N–H and O–H groups in total. The highest BCUT2D eigenvalue weighted by molar-refractivity contribution is 5.78. The van der Waals surface area contributed by atoms with E-state index in [4.69, 9.17) is 9.52 Å². The molecule has 19 heavy (non-hydrogen) atoms. The number of amides is 2. The monoisotopic (exact) mass is 266 g/mol. The van der Waals surface area contributed by atoms with E-state index in [1.54, 1.807) is 25.4 Å². The first-order chi connectivity index (χ1) is 9.03. The lowest BCUT2D eigenvalue weighted by molar-refractivity contribution is -0.153. The van der Waals surface area contributed by atoms with Crippen LogP contribution in [-0.4, -0.2) is 35.6 Å². The maximum atomic E-state index is 11.9. The van der Waals surface area contributed by atoms with Gasteiger partial charge in [0.2, 0.25) is 0 Å². The van der Waals surface area contributed by atoms with Crippen LogP contribution >= 0.6 is 0 Å². The molecule has 0 aromatic carbocycles. The average molecular weight is 266 g/mol. The number of carbonyl (C=O) groups excluding carboxylic acids is 1.